The second-order valence-corrected chi connectivity index (χ2v) is 9.70. The molecule has 9 heteroatoms. The van der Waals surface area contributed by atoms with Crippen molar-refractivity contribution < 1.29 is 26.4 Å². The summed E-state index contributed by atoms with van der Waals surface area (Å²) < 4.78 is 65.6. The molecule has 0 aromatic heterocycles. The van der Waals surface area contributed by atoms with Crippen molar-refractivity contribution in [2.45, 2.75) is 38.0 Å². The molecule has 1 amide bonds. The molecule has 0 saturated carbocycles. The van der Waals surface area contributed by atoms with Gasteiger partial charge in [0, 0.05) is 12.6 Å². The summed E-state index contributed by atoms with van der Waals surface area (Å²) >= 11 is 0. The van der Waals surface area contributed by atoms with Gasteiger partial charge in [-0.1, -0.05) is 54.6 Å². The second-order valence-electron chi connectivity index (χ2n) is 7.92. The molecule has 0 spiro atoms. The van der Waals surface area contributed by atoms with Gasteiger partial charge < -0.3 is 4.90 Å². The standard InChI is InChI=1S/C22H25F3N2O3S/c1-15(22(23,24)25)21(28)27-12-11-19(26-31(2,29)30)20(27)14-16-7-6-10-18(13-16)17-8-4-3-5-9-17/h3-10,13,15,19-20,26H,11-12,14H2,1-2H3/t15?,19-,20-/m0/s1. The highest BCUT2D eigenvalue weighted by Gasteiger charge is 2.47. The van der Waals surface area contributed by atoms with Gasteiger partial charge in [0.2, 0.25) is 15.9 Å². The number of nitrogens with one attached hydrogen (secondary N) is 1. The number of amides is 1. The van der Waals surface area contributed by atoms with Gasteiger partial charge in [0.25, 0.3) is 0 Å². The summed E-state index contributed by atoms with van der Waals surface area (Å²) in [4.78, 5) is 13.8. The predicted molar refractivity (Wildman–Crippen MR) is 113 cm³/mol. The largest absolute Gasteiger partial charge is 0.400 e. The molecule has 2 aromatic carbocycles. The highest BCUT2D eigenvalue weighted by atomic mass is 32.2. The van der Waals surface area contributed by atoms with E-state index in [2.05, 4.69) is 4.72 Å². The molecule has 0 bridgehead atoms. The number of rotatable bonds is 6. The fourth-order valence-electron chi connectivity index (χ4n) is 3.93. The molecule has 168 valence electrons. The highest BCUT2D eigenvalue weighted by molar-refractivity contribution is 7.88. The molecule has 1 aliphatic rings. The van der Waals surface area contributed by atoms with Gasteiger partial charge in [-0.05, 0) is 36.5 Å². The van der Waals surface area contributed by atoms with Crippen LogP contribution in [0.2, 0.25) is 0 Å². The molecule has 1 N–H and O–H groups in total. The third-order valence-corrected chi connectivity index (χ3v) is 6.27. The Balaban J connectivity index is 1.90. The highest BCUT2D eigenvalue weighted by Crippen LogP contribution is 2.32. The van der Waals surface area contributed by atoms with E-state index in [1.165, 1.54) is 4.90 Å². The zero-order valence-corrected chi connectivity index (χ0v) is 18.1. The summed E-state index contributed by atoms with van der Waals surface area (Å²) in [6, 6.07) is 15.8. The molecule has 31 heavy (non-hydrogen) atoms. The number of sulfonamides is 1. The molecule has 1 aliphatic heterocycles. The number of alkyl halides is 3. The van der Waals surface area contributed by atoms with Crippen molar-refractivity contribution in [1.82, 2.24) is 9.62 Å². The minimum Gasteiger partial charge on any atom is -0.337 e. The lowest BCUT2D eigenvalue weighted by Gasteiger charge is -2.31. The number of hydrogen-bond donors (Lipinski definition) is 1. The smallest absolute Gasteiger partial charge is 0.337 e. The van der Waals surface area contributed by atoms with E-state index in [1.54, 1.807) is 0 Å². The number of nitrogens with zero attached hydrogens (tertiary/aromatic N) is 1. The quantitative estimate of drug-likeness (QED) is 0.725. The Bertz CT molecular complexity index is 1030. The molecule has 2 aromatic rings. The lowest BCUT2D eigenvalue weighted by Crippen LogP contribution is -2.50. The average molecular weight is 455 g/mol. The van der Waals surface area contributed by atoms with Gasteiger partial charge >= 0.3 is 6.18 Å². The van der Waals surface area contributed by atoms with Crippen molar-refractivity contribution in [3.8, 4) is 11.1 Å². The first kappa shape index (κ1) is 23.3. The van der Waals surface area contributed by atoms with Crippen molar-refractivity contribution >= 4 is 15.9 Å². The summed E-state index contributed by atoms with van der Waals surface area (Å²) in [5.41, 5.74) is 2.73. The lowest BCUT2D eigenvalue weighted by atomic mass is 9.96. The first-order valence-corrected chi connectivity index (χ1v) is 11.8. The number of carbonyl (C=O) groups is 1. The fourth-order valence-corrected chi connectivity index (χ4v) is 4.76. The third kappa shape index (κ3) is 5.86. The van der Waals surface area contributed by atoms with E-state index < -0.39 is 40.1 Å². The minimum absolute atomic E-state index is 0.0650. The lowest BCUT2D eigenvalue weighted by molar-refractivity contribution is -0.186. The average Bonchev–Trinajstić information content (AvgIpc) is 3.07. The van der Waals surface area contributed by atoms with E-state index in [4.69, 9.17) is 0 Å². The van der Waals surface area contributed by atoms with Gasteiger partial charge in [-0.15, -0.1) is 0 Å². The van der Waals surface area contributed by atoms with Crippen LogP contribution < -0.4 is 4.72 Å². The normalized spacial score (nSPS) is 20.6. The zero-order chi connectivity index (χ0) is 22.8. The molecule has 1 heterocycles. The Hall–Kier alpha value is -2.39. The molecule has 1 fully saturated rings. The van der Waals surface area contributed by atoms with Crippen molar-refractivity contribution in [2.24, 2.45) is 5.92 Å². The van der Waals surface area contributed by atoms with Gasteiger partial charge in [-0.3, -0.25) is 4.79 Å². The number of hydrogen-bond acceptors (Lipinski definition) is 3. The number of carbonyl (C=O) groups excluding carboxylic acids is 1. The monoisotopic (exact) mass is 454 g/mol. The Morgan fingerprint density at radius 1 is 1.13 bits per heavy atom. The van der Waals surface area contributed by atoms with Gasteiger partial charge in [0.05, 0.1) is 12.3 Å². The third-order valence-electron chi connectivity index (χ3n) is 5.53. The van der Waals surface area contributed by atoms with Crippen LogP contribution in [0.15, 0.2) is 54.6 Å². The Labute approximate surface area is 180 Å². The Morgan fingerprint density at radius 2 is 1.77 bits per heavy atom. The van der Waals surface area contributed by atoms with Gasteiger partial charge in [-0.2, -0.15) is 13.2 Å². The maximum Gasteiger partial charge on any atom is 0.400 e. The molecular formula is C22H25F3N2O3S. The summed E-state index contributed by atoms with van der Waals surface area (Å²) in [6.07, 6.45) is -3.16. The minimum atomic E-state index is -4.66. The van der Waals surface area contributed by atoms with E-state index in [-0.39, 0.29) is 19.4 Å². The van der Waals surface area contributed by atoms with Crippen molar-refractivity contribution in [1.29, 1.82) is 0 Å². The van der Waals surface area contributed by atoms with Crippen LogP contribution >= 0.6 is 0 Å². The summed E-state index contributed by atoms with van der Waals surface area (Å²) in [6.45, 7) is 0.905. The van der Waals surface area contributed by atoms with E-state index in [9.17, 15) is 26.4 Å². The van der Waals surface area contributed by atoms with E-state index >= 15 is 0 Å². The van der Waals surface area contributed by atoms with E-state index in [1.807, 2.05) is 54.6 Å². The second kappa shape index (κ2) is 9.00. The molecule has 0 aliphatic carbocycles. The topological polar surface area (TPSA) is 66.5 Å². The van der Waals surface area contributed by atoms with Crippen molar-refractivity contribution in [3.05, 3.63) is 60.2 Å². The zero-order valence-electron chi connectivity index (χ0n) is 17.3. The molecule has 1 unspecified atom stereocenters. The number of halogens is 3. The van der Waals surface area contributed by atoms with Crippen molar-refractivity contribution in [3.63, 3.8) is 0 Å². The summed E-state index contributed by atoms with van der Waals surface area (Å²) in [7, 11) is -3.59. The molecule has 0 radical (unpaired) electrons. The van der Waals surface area contributed by atoms with Crippen LogP contribution in [0.4, 0.5) is 13.2 Å². The van der Waals surface area contributed by atoms with E-state index in [0.29, 0.717) is 0 Å². The molecule has 1 saturated heterocycles. The molecule has 3 atom stereocenters. The Morgan fingerprint density at radius 3 is 2.39 bits per heavy atom. The van der Waals surface area contributed by atoms with Gasteiger partial charge in [0.1, 0.15) is 5.92 Å². The maximum absolute atomic E-state index is 13.2. The van der Waals surface area contributed by atoms with Crippen LogP contribution in [0.1, 0.15) is 18.9 Å². The van der Waals surface area contributed by atoms with Crippen LogP contribution in [0.25, 0.3) is 11.1 Å². The molecular weight excluding hydrogens is 429 g/mol. The maximum atomic E-state index is 13.2. The number of likely N-dealkylation sites (tertiary alicyclic amines) is 1. The SMILES string of the molecule is CC(C(=O)N1CC[C@H](NS(C)(=O)=O)[C@@H]1Cc1cccc(-c2ccccc2)c1)C(F)(F)F. The fraction of sp³-hybridized carbons (Fsp3) is 0.409. The summed E-state index contributed by atoms with van der Waals surface area (Å²) in [5.74, 6) is -3.18. The van der Waals surface area contributed by atoms with Crippen LogP contribution in [0.3, 0.4) is 0 Å². The first-order chi connectivity index (χ1) is 14.5. The van der Waals surface area contributed by atoms with Gasteiger partial charge in [-0.25, -0.2) is 13.1 Å². The summed E-state index contributed by atoms with van der Waals surface area (Å²) in [5, 5.41) is 0. The predicted octanol–water partition coefficient (Wildman–Crippen LogP) is 3.61. The van der Waals surface area contributed by atoms with Crippen LogP contribution in [0, 0.1) is 5.92 Å². The van der Waals surface area contributed by atoms with Crippen LogP contribution in [-0.4, -0.2) is 50.3 Å². The van der Waals surface area contributed by atoms with Crippen molar-refractivity contribution in [2.75, 3.05) is 12.8 Å². The van der Waals surface area contributed by atoms with Crippen LogP contribution in [0.5, 0.6) is 0 Å². The van der Waals surface area contributed by atoms with E-state index in [0.717, 1.165) is 29.9 Å². The van der Waals surface area contributed by atoms with Crippen LogP contribution in [-0.2, 0) is 21.2 Å². The first-order valence-electron chi connectivity index (χ1n) is 9.94. The number of benzene rings is 2. The Kier molecular flexibility index (Phi) is 6.76. The molecule has 5 nitrogen and oxygen atoms in total. The van der Waals surface area contributed by atoms with Gasteiger partial charge in [0.15, 0.2) is 0 Å². The molecule has 3 rings (SSSR count).